The van der Waals surface area contributed by atoms with Crippen molar-refractivity contribution in [2.75, 3.05) is 13.2 Å². The van der Waals surface area contributed by atoms with Crippen molar-refractivity contribution in [2.24, 2.45) is 11.3 Å². The number of rotatable bonds is 8. The van der Waals surface area contributed by atoms with E-state index in [1.807, 2.05) is 6.07 Å². The van der Waals surface area contributed by atoms with Crippen molar-refractivity contribution >= 4 is 5.97 Å². The van der Waals surface area contributed by atoms with Gasteiger partial charge in [0.05, 0.1) is 13.2 Å². The zero-order valence-electron chi connectivity index (χ0n) is 19.7. The van der Waals surface area contributed by atoms with Crippen molar-refractivity contribution in [3.63, 3.8) is 0 Å². The van der Waals surface area contributed by atoms with Crippen LogP contribution >= 0.6 is 0 Å². The van der Waals surface area contributed by atoms with Crippen molar-refractivity contribution < 1.29 is 24.5 Å². The predicted octanol–water partition coefficient (Wildman–Crippen LogP) is 4.93. The van der Waals surface area contributed by atoms with E-state index < -0.39 is 24.6 Å². The summed E-state index contributed by atoms with van der Waals surface area (Å²) in [7, 11) is 0. The highest BCUT2D eigenvalue weighted by atomic mass is 16.5. The first-order valence-corrected chi connectivity index (χ1v) is 11.6. The summed E-state index contributed by atoms with van der Waals surface area (Å²) in [5.74, 6) is 1.05. The molecule has 0 fully saturated rings. The summed E-state index contributed by atoms with van der Waals surface area (Å²) < 4.78 is 12.4. The second-order valence-corrected chi connectivity index (χ2v) is 10.1. The molecule has 0 saturated heterocycles. The molecule has 1 aromatic rings. The summed E-state index contributed by atoms with van der Waals surface area (Å²) in [6.07, 6.45) is 8.57. The first-order chi connectivity index (χ1) is 14.6. The van der Waals surface area contributed by atoms with Gasteiger partial charge in [-0.3, -0.25) is 4.79 Å². The number of esters is 1. The molecule has 1 aromatic carbocycles. The number of allylic oxidation sites excluding steroid dienone is 2. The molecule has 31 heavy (non-hydrogen) atoms. The molecule has 0 spiro atoms. The van der Waals surface area contributed by atoms with Gasteiger partial charge in [0.2, 0.25) is 0 Å². The van der Waals surface area contributed by atoms with Gasteiger partial charge < -0.3 is 19.7 Å². The predicted molar refractivity (Wildman–Crippen MR) is 122 cm³/mol. The fourth-order valence-electron chi connectivity index (χ4n) is 4.77. The molecule has 0 bridgehead atoms. The fraction of sp³-hybridized carbons (Fsp3) is 0.654. The topological polar surface area (TPSA) is 76.0 Å². The molecule has 0 radical (unpaired) electrons. The Morgan fingerprint density at radius 3 is 2.61 bits per heavy atom. The third kappa shape index (κ3) is 4.83. The maximum absolute atomic E-state index is 12.9. The summed E-state index contributed by atoms with van der Waals surface area (Å²) in [5.41, 5.74) is 1.66. The van der Waals surface area contributed by atoms with Crippen LogP contribution < -0.4 is 9.47 Å². The van der Waals surface area contributed by atoms with Crippen LogP contribution in [0.2, 0.25) is 0 Å². The van der Waals surface area contributed by atoms with E-state index in [1.54, 1.807) is 0 Å². The number of aliphatic hydroxyl groups is 2. The highest BCUT2D eigenvalue weighted by molar-refractivity contribution is 5.80. The Morgan fingerprint density at radius 2 is 1.97 bits per heavy atom. The van der Waals surface area contributed by atoms with Crippen molar-refractivity contribution in [3.8, 4) is 11.5 Å². The van der Waals surface area contributed by atoms with Gasteiger partial charge in [0.25, 0.3) is 0 Å². The smallest absolute Gasteiger partial charge is 0.321 e. The number of hydrogen-bond acceptors (Lipinski definition) is 5. The van der Waals surface area contributed by atoms with E-state index in [0.717, 1.165) is 55.4 Å². The molecule has 2 N–H and O–H groups in total. The van der Waals surface area contributed by atoms with Gasteiger partial charge in [0.15, 0.2) is 0 Å². The third-order valence-corrected chi connectivity index (χ3v) is 6.97. The number of hydrogen-bond donors (Lipinski definition) is 2. The van der Waals surface area contributed by atoms with Gasteiger partial charge in [-0.15, -0.1) is 0 Å². The van der Waals surface area contributed by atoms with Gasteiger partial charge in [0, 0.05) is 17.4 Å². The Labute approximate surface area is 186 Å². The first kappa shape index (κ1) is 23.8. The molecule has 2 atom stereocenters. The normalized spacial score (nSPS) is 22.1. The van der Waals surface area contributed by atoms with E-state index in [2.05, 4.69) is 39.8 Å². The second kappa shape index (κ2) is 9.33. The van der Waals surface area contributed by atoms with Crippen LogP contribution in [0, 0.1) is 11.3 Å². The largest absolute Gasteiger partial charge is 0.487 e. The van der Waals surface area contributed by atoms with Crippen molar-refractivity contribution in [2.45, 2.75) is 84.7 Å². The van der Waals surface area contributed by atoms with Crippen LogP contribution in [0.15, 0.2) is 23.8 Å². The lowest BCUT2D eigenvalue weighted by molar-refractivity contribution is -0.150. The highest BCUT2D eigenvalue weighted by Gasteiger charge is 2.46. The quantitative estimate of drug-likeness (QED) is 0.265. The van der Waals surface area contributed by atoms with E-state index in [0.29, 0.717) is 5.75 Å². The SMILES string of the molecule is CCCCCc1cc(OC(=O)C(C)(CO)CO)c2c(c1)OC(C)(C)[C@@H]1CCC(C)=C[C@@H]21. The number of ether oxygens (including phenoxy) is 2. The summed E-state index contributed by atoms with van der Waals surface area (Å²) in [5, 5.41) is 19.3. The minimum atomic E-state index is -1.35. The maximum Gasteiger partial charge on any atom is 0.321 e. The summed E-state index contributed by atoms with van der Waals surface area (Å²) in [6, 6.07) is 4.06. The zero-order valence-corrected chi connectivity index (χ0v) is 19.7. The average Bonchev–Trinajstić information content (AvgIpc) is 2.72. The average molecular weight is 431 g/mol. The van der Waals surface area contributed by atoms with Crippen LogP contribution in [0.1, 0.15) is 83.8 Å². The van der Waals surface area contributed by atoms with Crippen molar-refractivity contribution in [1.29, 1.82) is 0 Å². The van der Waals surface area contributed by atoms with Crippen LogP contribution in [0.5, 0.6) is 11.5 Å². The minimum absolute atomic E-state index is 0.106. The van der Waals surface area contributed by atoms with Gasteiger partial charge >= 0.3 is 5.97 Å². The molecule has 1 aliphatic heterocycles. The summed E-state index contributed by atoms with van der Waals surface area (Å²) >= 11 is 0. The van der Waals surface area contributed by atoms with Gasteiger partial charge in [0.1, 0.15) is 22.5 Å². The second-order valence-electron chi connectivity index (χ2n) is 10.1. The fourth-order valence-corrected chi connectivity index (χ4v) is 4.77. The van der Waals surface area contributed by atoms with Crippen molar-refractivity contribution in [3.05, 3.63) is 34.9 Å². The van der Waals surface area contributed by atoms with Crippen LogP contribution in [0.25, 0.3) is 0 Å². The molecule has 5 nitrogen and oxygen atoms in total. The Bertz CT molecular complexity index is 834. The monoisotopic (exact) mass is 430 g/mol. The number of fused-ring (bicyclic) bond motifs is 3. The first-order valence-electron chi connectivity index (χ1n) is 11.6. The van der Waals surface area contributed by atoms with Gasteiger partial charge in [-0.1, -0.05) is 31.4 Å². The van der Waals surface area contributed by atoms with Gasteiger partial charge in [-0.25, -0.2) is 0 Å². The maximum atomic E-state index is 12.9. The van der Waals surface area contributed by atoms with Gasteiger partial charge in [-0.2, -0.15) is 0 Å². The molecular formula is C26H38O5. The molecule has 0 unspecified atom stereocenters. The zero-order chi connectivity index (χ0) is 22.8. The van der Waals surface area contributed by atoms with Crippen molar-refractivity contribution in [1.82, 2.24) is 0 Å². The Morgan fingerprint density at radius 1 is 1.26 bits per heavy atom. The number of benzene rings is 1. The number of aliphatic hydroxyl groups excluding tert-OH is 2. The van der Waals surface area contributed by atoms with E-state index in [-0.39, 0.29) is 17.4 Å². The molecule has 2 aliphatic rings. The van der Waals surface area contributed by atoms with E-state index in [4.69, 9.17) is 9.47 Å². The van der Waals surface area contributed by atoms with Crippen LogP contribution in [0.3, 0.4) is 0 Å². The van der Waals surface area contributed by atoms with Crippen LogP contribution in [0.4, 0.5) is 0 Å². The number of carbonyl (C=O) groups excluding carboxylic acids is 1. The molecule has 0 amide bonds. The Kier molecular flexibility index (Phi) is 7.17. The minimum Gasteiger partial charge on any atom is -0.487 e. The molecule has 0 aromatic heterocycles. The Hall–Kier alpha value is -1.85. The molecule has 1 aliphatic carbocycles. The number of carbonyl (C=O) groups is 1. The van der Waals surface area contributed by atoms with E-state index in [1.165, 1.54) is 12.5 Å². The molecule has 1 heterocycles. The van der Waals surface area contributed by atoms with E-state index in [9.17, 15) is 15.0 Å². The van der Waals surface area contributed by atoms with Gasteiger partial charge in [-0.05, 0) is 71.1 Å². The molecule has 172 valence electrons. The van der Waals surface area contributed by atoms with Crippen LogP contribution in [-0.4, -0.2) is 35.0 Å². The summed E-state index contributed by atoms with van der Waals surface area (Å²) in [6.45, 7) is 9.18. The van der Waals surface area contributed by atoms with E-state index >= 15 is 0 Å². The highest BCUT2D eigenvalue weighted by Crippen LogP contribution is 2.54. The molecular weight excluding hydrogens is 392 g/mol. The molecule has 0 saturated carbocycles. The lowest BCUT2D eigenvalue weighted by atomic mass is 9.68. The third-order valence-electron chi connectivity index (χ3n) is 6.97. The standard InChI is InChI=1S/C26H38O5/c1-6-7-8-9-18-13-21(30-24(29)26(5,15-27)16-28)23-19-12-17(2)10-11-20(19)25(3,4)31-22(23)14-18/h12-14,19-20,27-28H,6-11,15-16H2,1-5H3/t19-,20-/m1/s1. The lowest BCUT2D eigenvalue weighted by Crippen LogP contribution is -2.45. The number of unbranched alkanes of at least 4 members (excludes halogenated alkanes) is 2. The molecule has 5 heteroatoms. The summed E-state index contributed by atoms with van der Waals surface area (Å²) in [4.78, 5) is 12.9. The number of aryl methyl sites for hydroxylation is 1. The lowest BCUT2D eigenvalue weighted by Gasteiger charge is -2.46. The Balaban J connectivity index is 2.09. The van der Waals surface area contributed by atoms with Crippen LogP contribution in [-0.2, 0) is 11.2 Å². The molecule has 3 rings (SSSR count).